The smallest absolute Gasteiger partial charge is 0.140 e. The number of hydrogen-bond donors (Lipinski definition) is 1. The summed E-state index contributed by atoms with van der Waals surface area (Å²) >= 11 is 3.40. The number of benzene rings is 1. The molecule has 0 saturated heterocycles. The molecule has 0 spiro atoms. The number of aromatic amines is 1. The molecule has 0 amide bonds. The Balaban J connectivity index is 2.13. The molecule has 2 aromatic heterocycles. The quantitative estimate of drug-likeness (QED) is 0.789. The van der Waals surface area contributed by atoms with Crippen molar-refractivity contribution in [2.75, 3.05) is 7.11 Å². The molecular weight excluding hydrogens is 294 g/mol. The number of imidazole rings is 1. The molecule has 1 N–H and O–H groups in total. The fourth-order valence-electron chi connectivity index (χ4n) is 1.79. The Kier molecular flexibility index (Phi) is 2.76. The van der Waals surface area contributed by atoms with E-state index in [2.05, 4.69) is 30.9 Å². The molecule has 0 fully saturated rings. The van der Waals surface area contributed by atoms with E-state index in [0.717, 1.165) is 32.6 Å². The van der Waals surface area contributed by atoms with Gasteiger partial charge in [-0.3, -0.25) is 4.98 Å². The van der Waals surface area contributed by atoms with Crippen LogP contribution in [0.4, 0.5) is 0 Å². The van der Waals surface area contributed by atoms with Gasteiger partial charge in [0, 0.05) is 28.5 Å². The van der Waals surface area contributed by atoms with Gasteiger partial charge in [-0.1, -0.05) is 0 Å². The number of halogens is 1. The summed E-state index contributed by atoms with van der Waals surface area (Å²) in [6.07, 6.45) is 3.52. The summed E-state index contributed by atoms with van der Waals surface area (Å²) in [6, 6.07) is 7.73. The molecule has 90 valence electrons. The van der Waals surface area contributed by atoms with Gasteiger partial charge in [0.05, 0.1) is 18.1 Å². The van der Waals surface area contributed by atoms with Gasteiger partial charge in [-0.15, -0.1) is 0 Å². The Labute approximate surface area is 112 Å². The molecule has 0 aliphatic rings. The zero-order chi connectivity index (χ0) is 12.5. The van der Waals surface area contributed by atoms with Crippen LogP contribution in [-0.4, -0.2) is 22.1 Å². The van der Waals surface area contributed by atoms with Crippen molar-refractivity contribution in [3.8, 4) is 17.1 Å². The van der Waals surface area contributed by atoms with E-state index in [0.29, 0.717) is 0 Å². The number of fused-ring (bicyclic) bond motifs is 1. The molecule has 3 rings (SSSR count). The van der Waals surface area contributed by atoms with Crippen molar-refractivity contribution in [2.24, 2.45) is 0 Å². The molecular formula is C13H10BrN3O. The van der Waals surface area contributed by atoms with E-state index in [-0.39, 0.29) is 0 Å². The molecule has 0 unspecified atom stereocenters. The van der Waals surface area contributed by atoms with Crippen LogP contribution < -0.4 is 4.74 Å². The van der Waals surface area contributed by atoms with E-state index in [9.17, 15) is 0 Å². The van der Waals surface area contributed by atoms with Crippen LogP contribution in [0.5, 0.6) is 5.75 Å². The first-order chi connectivity index (χ1) is 8.76. The van der Waals surface area contributed by atoms with Gasteiger partial charge in [-0.05, 0) is 34.1 Å². The summed E-state index contributed by atoms with van der Waals surface area (Å²) in [4.78, 5) is 11.9. The van der Waals surface area contributed by atoms with E-state index in [4.69, 9.17) is 4.74 Å². The second-order valence-electron chi connectivity index (χ2n) is 3.86. The summed E-state index contributed by atoms with van der Waals surface area (Å²) < 4.78 is 6.12. The number of hydrogen-bond acceptors (Lipinski definition) is 3. The number of H-pyrrole nitrogens is 1. The Morgan fingerprint density at radius 3 is 2.89 bits per heavy atom. The lowest BCUT2D eigenvalue weighted by Gasteiger charge is -1.97. The van der Waals surface area contributed by atoms with Gasteiger partial charge in [-0.25, -0.2) is 4.98 Å². The van der Waals surface area contributed by atoms with Crippen LogP contribution in [0.15, 0.2) is 41.1 Å². The van der Waals surface area contributed by atoms with E-state index < -0.39 is 0 Å². The van der Waals surface area contributed by atoms with Crippen molar-refractivity contribution in [3.05, 3.63) is 41.1 Å². The average molecular weight is 304 g/mol. The van der Waals surface area contributed by atoms with E-state index in [1.807, 2.05) is 24.3 Å². The number of pyridine rings is 1. The number of nitrogens with zero attached hydrogens (tertiary/aromatic N) is 2. The van der Waals surface area contributed by atoms with Crippen molar-refractivity contribution in [2.45, 2.75) is 0 Å². The highest BCUT2D eigenvalue weighted by atomic mass is 79.9. The predicted molar refractivity (Wildman–Crippen MR) is 73.6 cm³/mol. The van der Waals surface area contributed by atoms with Crippen molar-refractivity contribution >= 4 is 27.0 Å². The molecule has 0 saturated carbocycles. The third-order valence-corrected chi connectivity index (χ3v) is 3.10. The number of nitrogens with one attached hydrogen (secondary N) is 1. The Morgan fingerprint density at radius 1 is 1.22 bits per heavy atom. The Bertz CT molecular complexity index is 708. The summed E-state index contributed by atoms with van der Waals surface area (Å²) in [5.74, 6) is 1.61. The van der Waals surface area contributed by atoms with Gasteiger partial charge >= 0.3 is 0 Å². The fraction of sp³-hybridized carbons (Fsp3) is 0.0769. The van der Waals surface area contributed by atoms with Gasteiger partial charge in [0.15, 0.2) is 0 Å². The van der Waals surface area contributed by atoms with Crippen LogP contribution in [0.25, 0.3) is 22.4 Å². The van der Waals surface area contributed by atoms with Gasteiger partial charge < -0.3 is 9.72 Å². The van der Waals surface area contributed by atoms with Crippen LogP contribution in [-0.2, 0) is 0 Å². The molecule has 5 heteroatoms. The summed E-state index contributed by atoms with van der Waals surface area (Å²) in [5, 5.41) is 0. The minimum absolute atomic E-state index is 0.798. The van der Waals surface area contributed by atoms with E-state index in [1.165, 1.54) is 0 Å². The summed E-state index contributed by atoms with van der Waals surface area (Å²) in [5.41, 5.74) is 2.80. The van der Waals surface area contributed by atoms with Crippen molar-refractivity contribution < 1.29 is 4.74 Å². The lowest BCUT2D eigenvalue weighted by molar-refractivity contribution is 0.415. The SMILES string of the molecule is COc1ccc2nc(-c3cncc(Br)c3)[nH]c2c1. The van der Waals surface area contributed by atoms with Crippen molar-refractivity contribution in [1.29, 1.82) is 0 Å². The second-order valence-corrected chi connectivity index (χ2v) is 4.78. The Morgan fingerprint density at radius 2 is 2.11 bits per heavy atom. The minimum Gasteiger partial charge on any atom is -0.497 e. The van der Waals surface area contributed by atoms with Crippen LogP contribution in [0.2, 0.25) is 0 Å². The van der Waals surface area contributed by atoms with E-state index >= 15 is 0 Å². The van der Waals surface area contributed by atoms with Crippen LogP contribution in [0.3, 0.4) is 0 Å². The monoisotopic (exact) mass is 303 g/mol. The van der Waals surface area contributed by atoms with Crippen LogP contribution in [0, 0.1) is 0 Å². The van der Waals surface area contributed by atoms with Gasteiger partial charge in [0.1, 0.15) is 11.6 Å². The van der Waals surface area contributed by atoms with Crippen LogP contribution in [0.1, 0.15) is 0 Å². The normalized spacial score (nSPS) is 10.8. The molecule has 3 aromatic rings. The largest absolute Gasteiger partial charge is 0.497 e. The molecule has 0 aliphatic carbocycles. The number of aromatic nitrogens is 3. The Hall–Kier alpha value is -1.88. The number of rotatable bonds is 2. The molecule has 1 aromatic carbocycles. The highest BCUT2D eigenvalue weighted by Crippen LogP contribution is 2.24. The maximum atomic E-state index is 5.19. The first kappa shape index (κ1) is 11.2. The zero-order valence-electron chi connectivity index (χ0n) is 9.64. The lowest BCUT2D eigenvalue weighted by Crippen LogP contribution is -1.82. The first-order valence-electron chi connectivity index (χ1n) is 5.41. The maximum Gasteiger partial charge on any atom is 0.140 e. The molecule has 0 atom stereocenters. The molecule has 0 radical (unpaired) electrons. The van der Waals surface area contributed by atoms with Gasteiger partial charge in [0.25, 0.3) is 0 Å². The van der Waals surface area contributed by atoms with E-state index in [1.54, 1.807) is 19.5 Å². The number of ether oxygens (including phenoxy) is 1. The predicted octanol–water partition coefficient (Wildman–Crippen LogP) is 3.40. The van der Waals surface area contributed by atoms with Gasteiger partial charge in [0.2, 0.25) is 0 Å². The molecule has 18 heavy (non-hydrogen) atoms. The third kappa shape index (κ3) is 1.97. The topological polar surface area (TPSA) is 50.8 Å². The lowest BCUT2D eigenvalue weighted by atomic mass is 10.3. The summed E-state index contributed by atoms with van der Waals surface area (Å²) in [7, 11) is 1.65. The average Bonchev–Trinajstić information content (AvgIpc) is 2.81. The van der Waals surface area contributed by atoms with Crippen molar-refractivity contribution in [1.82, 2.24) is 15.0 Å². The van der Waals surface area contributed by atoms with Crippen molar-refractivity contribution in [3.63, 3.8) is 0 Å². The number of methoxy groups -OCH3 is 1. The van der Waals surface area contributed by atoms with Crippen LogP contribution >= 0.6 is 15.9 Å². The molecule has 0 aliphatic heterocycles. The molecule has 2 heterocycles. The maximum absolute atomic E-state index is 5.19. The summed E-state index contributed by atoms with van der Waals surface area (Å²) in [6.45, 7) is 0. The fourth-order valence-corrected chi connectivity index (χ4v) is 2.16. The molecule has 4 nitrogen and oxygen atoms in total. The standard InChI is InChI=1S/C13H10BrN3O/c1-18-10-2-3-11-12(5-10)17-13(16-11)8-4-9(14)7-15-6-8/h2-7H,1H3,(H,16,17). The third-order valence-electron chi connectivity index (χ3n) is 2.67. The molecule has 0 bridgehead atoms. The minimum atomic E-state index is 0.798. The highest BCUT2D eigenvalue weighted by molar-refractivity contribution is 9.10. The second kappa shape index (κ2) is 4.42. The highest BCUT2D eigenvalue weighted by Gasteiger charge is 2.06. The first-order valence-corrected chi connectivity index (χ1v) is 6.20. The zero-order valence-corrected chi connectivity index (χ0v) is 11.2. The van der Waals surface area contributed by atoms with Gasteiger partial charge in [-0.2, -0.15) is 0 Å².